The van der Waals surface area contributed by atoms with Crippen LogP contribution in [0, 0.1) is 0 Å². The first kappa shape index (κ1) is 19.6. The fourth-order valence-corrected chi connectivity index (χ4v) is 3.49. The minimum absolute atomic E-state index is 0.0478. The van der Waals surface area contributed by atoms with Gasteiger partial charge in [0.1, 0.15) is 0 Å². The van der Waals surface area contributed by atoms with Crippen molar-refractivity contribution < 1.29 is 22.5 Å². The molecule has 2 fully saturated rings. The number of nitrogens with zero attached hydrogens (tertiary/aromatic N) is 4. The molecule has 1 aliphatic carbocycles. The highest BCUT2D eigenvalue weighted by atomic mass is 19.4. The van der Waals surface area contributed by atoms with Gasteiger partial charge in [0, 0.05) is 43.1 Å². The van der Waals surface area contributed by atoms with Crippen molar-refractivity contribution in [1.29, 1.82) is 0 Å². The van der Waals surface area contributed by atoms with Crippen molar-refractivity contribution in [1.82, 2.24) is 25.3 Å². The average Bonchev–Trinajstić information content (AvgIpc) is 3.11. The van der Waals surface area contributed by atoms with Crippen LogP contribution in [-0.2, 0) is 5.41 Å². The first-order valence-electron chi connectivity index (χ1n) is 9.36. The van der Waals surface area contributed by atoms with Crippen molar-refractivity contribution in [3.63, 3.8) is 0 Å². The van der Waals surface area contributed by atoms with Gasteiger partial charge < -0.3 is 20.5 Å². The molecule has 1 unspecified atom stereocenters. The number of rotatable bonds is 5. The Balaban J connectivity index is 1.50. The molecule has 2 aromatic heterocycles. The maximum Gasteiger partial charge on any atom is 0.405 e. The highest BCUT2D eigenvalue weighted by molar-refractivity contribution is 5.74. The standard InChI is InChI=1S/C18H21F3N6O2/c19-18(20,21)17(14-25-13(26-29-14)12-1-7-23-8-2-12)6-10-27(11-17)15(28)24-9-5-16(22)3-4-16/h1-2,7-8H,3-6,9-11,22H2,(H,24,28). The van der Waals surface area contributed by atoms with E-state index in [-0.39, 0.29) is 24.3 Å². The van der Waals surface area contributed by atoms with Crippen LogP contribution in [0.1, 0.15) is 31.6 Å². The minimum Gasteiger partial charge on any atom is -0.338 e. The molecule has 1 saturated carbocycles. The van der Waals surface area contributed by atoms with E-state index in [0.717, 1.165) is 17.7 Å². The molecule has 3 N–H and O–H groups in total. The van der Waals surface area contributed by atoms with Crippen molar-refractivity contribution in [3.05, 3.63) is 30.4 Å². The molecule has 156 valence electrons. The van der Waals surface area contributed by atoms with Crippen molar-refractivity contribution in [2.75, 3.05) is 19.6 Å². The molecule has 1 atom stereocenters. The number of aromatic nitrogens is 3. The van der Waals surface area contributed by atoms with E-state index in [2.05, 4.69) is 20.4 Å². The summed E-state index contributed by atoms with van der Waals surface area (Å²) in [6, 6.07) is 2.61. The lowest BCUT2D eigenvalue weighted by Crippen LogP contribution is -2.47. The van der Waals surface area contributed by atoms with Crippen LogP contribution in [0.4, 0.5) is 18.0 Å². The third kappa shape index (κ3) is 3.78. The van der Waals surface area contributed by atoms with Gasteiger partial charge in [-0.3, -0.25) is 4.98 Å². The second-order valence-corrected chi connectivity index (χ2v) is 7.75. The summed E-state index contributed by atoms with van der Waals surface area (Å²) in [6.07, 6.45) is 0.388. The van der Waals surface area contributed by atoms with Crippen LogP contribution >= 0.6 is 0 Å². The Hall–Kier alpha value is -2.69. The van der Waals surface area contributed by atoms with Crippen LogP contribution in [0.5, 0.6) is 0 Å². The molecule has 2 aliphatic rings. The summed E-state index contributed by atoms with van der Waals surface area (Å²) in [5.74, 6) is -0.488. The quantitative estimate of drug-likeness (QED) is 0.782. The van der Waals surface area contributed by atoms with Gasteiger partial charge >= 0.3 is 12.2 Å². The molecule has 0 spiro atoms. The normalized spacial score (nSPS) is 23.2. The second kappa shape index (κ2) is 6.97. The summed E-state index contributed by atoms with van der Waals surface area (Å²) in [4.78, 5) is 21.3. The molecule has 0 aromatic carbocycles. The van der Waals surface area contributed by atoms with Gasteiger partial charge in [-0.25, -0.2) is 4.79 Å². The largest absolute Gasteiger partial charge is 0.405 e. The number of alkyl halides is 3. The molecule has 2 amide bonds. The van der Waals surface area contributed by atoms with Gasteiger partial charge in [0.25, 0.3) is 0 Å². The lowest BCUT2D eigenvalue weighted by Gasteiger charge is -2.28. The van der Waals surface area contributed by atoms with E-state index in [9.17, 15) is 18.0 Å². The number of pyridine rings is 1. The number of likely N-dealkylation sites (tertiary alicyclic amines) is 1. The van der Waals surface area contributed by atoms with Gasteiger partial charge in [-0.05, 0) is 37.8 Å². The van der Waals surface area contributed by atoms with Crippen LogP contribution in [0.25, 0.3) is 11.4 Å². The van der Waals surface area contributed by atoms with E-state index in [4.69, 9.17) is 10.3 Å². The van der Waals surface area contributed by atoms with Gasteiger partial charge in [-0.15, -0.1) is 0 Å². The fourth-order valence-electron chi connectivity index (χ4n) is 3.49. The van der Waals surface area contributed by atoms with Crippen LogP contribution in [0.2, 0.25) is 0 Å². The van der Waals surface area contributed by atoms with Crippen molar-refractivity contribution >= 4 is 6.03 Å². The monoisotopic (exact) mass is 410 g/mol. The first-order valence-corrected chi connectivity index (χ1v) is 9.36. The molecular weight excluding hydrogens is 389 g/mol. The smallest absolute Gasteiger partial charge is 0.338 e. The highest BCUT2D eigenvalue weighted by Crippen LogP contribution is 2.47. The van der Waals surface area contributed by atoms with Crippen molar-refractivity contribution in [2.24, 2.45) is 5.73 Å². The Morgan fingerprint density at radius 1 is 1.28 bits per heavy atom. The molecule has 29 heavy (non-hydrogen) atoms. The van der Waals surface area contributed by atoms with Gasteiger partial charge in [-0.2, -0.15) is 18.2 Å². The van der Waals surface area contributed by atoms with E-state index < -0.39 is 30.1 Å². The molecule has 1 aliphatic heterocycles. The van der Waals surface area contributed by atoms with Crippen LogP contribution in [0.3, 0.4) is 0 Å². The van der Waals surface area contributed by atoms with E-state index in [1.807, 2.05) is 0 Å². The molecule has 0 radical (unpaired) electrons. The Morgan fingerprint density at radius 3 is 2.66 bits per heavy atom. The molecule has 1 saturated heterocycles. The molecule has 4 rings (SSSR count). The summed E-state index contributed by atoms with van der Waals surface area (Å²) in [6.45, 7) is -0.308. The number of halogens is 3. The first-order chi connectivity index (χ1) is 13.7. The van der Waals surface area contributed by atoms with Crippen molar-refractivity contribution in [2.45, 2.75) is 42.8 Å². The lowest BCUT2D eigenvalue weighted by atomic mass is 9.86. The van der Waals surface area contributed by atoms with Crippen LogP contribution < -0.4 is 11.1 Å². The minimum atomic E-state index is -4.65. The average molecular weight is 410 g/mol. The fraction of sp³-hybridized carbons (Fsp3) is 0.556. The maximum absolute atomic E-state index is 14.1. The maximum atomic E-state index is 14.1. The molecule has 2 aromatic rings. The summed E-state index contributed by atoms with van der Waals surface area (Å²) in [5, 5.41) is 6.36. The van der Waals surface area contributed by atoms with E-state index in [0.29, 0.717) is 18.5 Å². The number of urea groups is 1. The topological polar surface area (TPSA) is 110 Å². The van der Waals surface area contributed by atoms with Crippen LogP contribution in [-0.4, -0.2) is 57.4 Å². The van der Waals surface area contributed by atoms with Crippen LogP contribution in [0.15, 0.2) is 29.0 Å². The summed E-state index contributed by atoms with van der Waals surface area (Å²) < 4.78 is 47.2. The Labute approximate surface area is 164 Å². The van der Waals surface area contributed by atoms with Crippen molar-refractivity contribution in [3.8, 4) is 11.4 Å². The lowest BCUT2D eigenvalue weighted by molar-refractivity contribution is -0.193. The van der Waals surface area contributed by atoms with Gasteiger partial charge in [0.2, 0.25) is 11.7 Å². The second-order valence-electron chi connectivity index (χ2n) is 7.75. The molecular formula is C18H21F3N6O2. The summed E-state index contributed by atoms with van der Waals surface area (Å²) >= 11 is 0. The number of nitrogens with one attached hydrogen (secondary N) is 1. The van der Waals surface area contributed by atoms with Gasteiger partial charge in [-0.1, -0.05) is 5.16 Å². The SMILES string of the molecule is NC1(CCNC(=O)N2CCC(c3nc(-c4ccncc4)no3)(C(F)(F)F)C2)CC1. The predicted octanol–water partition coefficient (Wildman–Crippen LogP) is 2.23. The third-order valence-corrected chi connectivity index (χ3v) is 5.66. The zero-order chi connectivity index (χ0) is 20.7. The van der Waals surface area contributed by atoms with Gasteiger partial charge in [0.05, 0.1) is 0 Å². The number of carbonyl (C=O) groups is 1. The summed E-state index contributed by atoms with van der Waals surface area (Å²) in [5.41, 5.74) is 3.83. The molecule has 8 nitrogen and oxygen atoms in total. The Bertz CT molecular complexity index is 883. The zero-order valence-electron chi connectivity index (χ0n) is 15.6. The zero-order valence-corrected chi connectivity index (χ0v) is 15.6. The van der Waals surface area contributed by atoms with Gasteiger partial charge in [0.15, 0.2) is 5.41 Å². The number of amides is 2. The number of carbonyl (C=O) groups excluding carboxylic acids is 1. The Morgan fingerprint density at radius 2 is 2.00 bits per heavy atom. The Kier molecular flexibility index (Phi) is 4.72. The van der Waals surface area contributed by atoms with E-state index >= 15 is 0 Å². The van der Waals surface area contributed by atoms with E-state index in [1.165, 1.54) is 12.4 Å². The molecule has 0 bridgehead atoms. The summed E-state index contributed by atoms with van der Waals surface area (Å²) in [7, 11) is 0. The molecule has 3 heterocycles. The number of hydrogen-bond acceptors (Lipinski definition) is 6. The predicted molar refractivity (Wildman–Crippen MR) is 95.6 cm³/mol. The third-order valence-electron chi connectivity index (χ3n) is 5.66. The molecule has 11 heteroatoms. The number of nitrogens with two attached hydrogens (primary N) is 1. The van der Waals surface area contributed by atoms with E-state index in [1.54, 1.807) is 12.1 Å². The highest BCUT2D eigenvalue weighted by Gasteiger charge is 2.63. The number of hydrogen-bond donors (Lipinski definition) is 2.